The van der Waals surface area contributed by atoms with Crippen molar-refractivity contribution in [2.24, 2.45) is 11.1 Å². The van der Waals surface area contributed by atoms with Gasteiger partial charge in [0.15, 0.2) is 0 Å². The van der Waals surface area contributed by atoms with E-state index in [0.717, 1.165) is 0 Å². The van der Waals surface area contributed by atoms with Crippen molar-refractivity contribution in [1.82, 2.24) is 0 Å². The number of para-hydroxylation sites is 1. The lowest BCUT2D eigenvalue weighted by Gasteiger charge is -2.26. The van der Waals surface area contributed by atoms with Crippen molar-refractivity contribution in [3.63, 3.8) is 0 Å². The topological polar surface area (TPSA) is 55.1 Å². The van der Waals surface area contributed by atoms with E-state index >= 15 is 0 Å². The summed E-state index contributed by atoms with van der Waals surface area (Å²) in [4.78, 5) is 12.3. The molecule has 1 aromatic rings. The summed E-state index contributed by atoms with van der Waals surface area (Å²) in [5.41, 5.74) is 5.79. The van der Waals surface area contributed by atoms with Crippen LogP contribution in [0.3, 0.4) is 0 Å². The number of hydrogen-bond acceptors (Lipinski definition) is 3. The van der Waals surface area contributed by atoms with Gasteiger partial charge in [0, 0.05) is 4.90 Å². The lowest BCUT2D eigenvalue weighted by Crippen LogP contribution is -2.45. The van der Waals surface area contributed by atoms with E-state index in [1.54, 1.807) is 18.2 Å². The molecular formula is C13H18F2N2OS. The average Bonchev–Trinajstić information content (AvgIpc) is 2.28. The van der Waals surface area contributed by atoms with Crippen LogP contribution < -0.4 is 11.1 Å². The van der Waals surface area contributed by atoms with Crippen LogP contribution in [0.1, 0.15) is 20.8 Å². The van der Waals surface area contributed by atoms with E-state index in [1.807, 2.05) is 20.8 Å². The number of nitrogens with one attached hydrogen (secondary N) is 1. The summed E-state index contributed by atoms with van der Waals surface area (Å²) in [5, 5.41) is 2.60. The van der Waals surface area contributed by atoms with E-state index < -0.39 is 17.2 Å². The van der Waals surface area contributed by atoms with Crippen molar-refractivity contribution >= 4 is 23.4 Å². The average molecular weight is 288 g/mol. The van der Waals surface area contributed by atoms with Gasteiger partial charge < -0.3 is 11.1 Å². The molecule has 1 atom stereocenters. The van der Waals surface area contributed by atoms with Crippen molar-refractivity contribution in [3.05, 3.63) is 24.3 Å². The number of alkyl halides is 2. The summed E-state index contributed by atoms with van der Waals surface area (Å²) in [6.45, 7) is 5.53. The van der Waals surface area contributed by atoms with Gasteiger partial charge in [-0.2, -0.15) is 8.78 Å². The second kappa shape index (κ2) is 6.34. The Bertz CT molecular complexity index is 447. The van der Waals surface area contributed by atoms with Gasteiger partial charge in [0.05, 0.1) is 11.7 Å². The summed E-state index contributed by atoms with van der Waals surface area (Å²) < 4.78 is 24.8. The van der Waals surface area contributed by atoms with Gasteiger partial charge in [0.2, 0.25) is 5.91 Å². The molecule has 0 bridgehead atoms. The van der Waals surface area contributed by atoms with E-state index in [2.05, 4.69) is 5.32 Å². The maximum Gasteiger partial charge on any atom is 0.288 e. The molecule has 0 aliphatic carbocycles. The monoisotopic (exact) mass is 288 g/mol. The SMILES string of the molecule is CC(C)(C)[C@H](N)C(=O)Nc1ccccc1SC(F)F. The molecule has 0 heterocycles. The molecule has 0 radical (unpaired) electrons. The summed E-state index contributed by atoms with van der Waals surface area (Å²) in [5.74, 6) is -2.91. The molecule has 0 unspecified atom stereocenters. The van der Waals surface area contributed by atoms with Crippen LogP contribution in [0.5, 0.6) is 0 Å². The minimum atomic E-state index is -2.53. The number of carbonyl (C=O) groups excluding carboxylic acids is 1. The molecule has 6 heteroatoms. The van der Waals surface area contributed by atoms with Crippen molar-refractivity contribution < 1.29 is 13.6 Å². The normalized spacial score (nSPS) is 13.4. The highest BCUT2D eigenvalue weighted by molar-refractivity contribution is 7.99. The zero-order valence-electron chi connectivity index (χ0n) is 11.1. The quantitative estimate of drug-likeness (QED) is 0.836. The third-order valence-corrected chi connectivity index (χ3v) is 3.36. The summed E-state index contributed by atoms with van der Waals surface area (Å²) in [6.07, 6.45) is 0. The molecule has 0 saturated carbocycles. The van der Waals surface area contributed by atoms with Crippen molar-refractivity contribution in [3.8, 4) is 0 Å². The van der Waals surface area contributed by atoms with Crippen molar-refractivity contribution in [2.45, 2.75) is 37.5 Å². The molecule has 0 aliphatic rings. The Balaban J connectivity index is 2.85. The predicted molar refractivity (Wildman–Crippen MR) is 74.4 cm³/mol. The fourth-order valence-electron chi connectivity index (χ4n) is 1.37. The molecule has 1 aromatic carbocycles. The highest BCUT2D eigenvalue weighted by atomic mass is 32.2. The molecule has 0 spiro atoms. The van der Waals surface area contributed by atoms with Gasteiger partial charge in [-0.3, -0.25) is 4.79 Å². The van der Waals surface area contributed by atoms with Crippen LogP contribution in [0.4, 0.5) is 14.5 Å². The zero-order valence-corrected chi connectivity index (χ0v) is 11.9. The Labute approximate surface area is 115 Å². The number of rotatable bonds is 4. The van der Waals surface area contributed by atoms with Crippen LogP contribution in [-0.2, 0) is 4.79 Å². The minimum Gasteiger partial charge on any atom is -0.324 e. The molecule has 1 rings (SSSR count). The maximum atomic E-state index is 12.4. The Morgan fingerprint density at radius 3 is 2.42 bits per heavy atom. The largest absolute Gasteiger partial charge is 0.324 e. The number of thioether (sulfide) groups is 1. The number of hydrogen-bond donors (Lipinski definition) is 2. The summed E-state index contributed by atoms with van der Waals surface area (Å²) in [6, 6.07) is 5.72. The van der Waals surface area contributed by atoms with Crippen LogP contribution in [0, 0.1) is 5.41 Å². The first-order valence-corrected chi connectivity index (χ1v) is 6.70. The van der Waals surface area contributed by atoms with Gasteiger partial charge in [-0.15, -0.1) is 0 Å². The van der Waals surface area contributed by atoms with Crippen molar-refractivity contribution in [2.75, 3.05) is 5.32 Å². The van der Waals surface area contributed by atoms with Crippen LogP contribution in [0.25, 0.3) is 0 Å². The highest BCUT2D eigenvalue weighted by Crippen LogP contribution is 2.32. The van der Waals surface area contributed by atoms with Gasteiger partial charge in [0.25, 0.3) is 5.76 Å². The van der Waals surface area contributed by atoms with Gasteiger partial charge in [-0.1, -0.05) is 44.7 Å². The Morgan fingerprint density at radius 2 is 1.89 bits per heavy atom. The second-order valence-corrected chi connectivity index (χ2v) is 6.24. The van der Waals surface area contributed by atoms with Crippen LogP contribution in [0.15, 0.2) is 29.2 Å². The third-order valence-electron chi connectivity index (χ3n) is 2.58. The number of nitrogens with two attached hydrogens (primary N) is 1. The van der Waals surface area contributed by atoms with E-state index in [1.165, 1.54) is 6.07 Å². The van der Waals surface area contributed by atoms with Gasteiger partial charge in [-0.05, 0) is 17.5 Å². The minimum absolute atomic E-state index is 0.326. The zero-order chi connectivity index (χ0) is 14.6. The Hall–Kier alpha value is -1.14. The van der Waals surface area contributed by atoms with Gasteiger partial charge >= 0.3 is 0 Å². The van der Waals surface area contributed by atoms with E-state index in [0.29, 0.717) is 22.3 Å². The standard InChI is InChI=1S/C13H18F2N2OS/c1-13(2,3)10(16)11(18)17-8-6-4-5-7-9(8)19-12(14)15/h4-7,10,12H,16H2,1-3H3,(H,17,18)/t10-/m1/s1. The second-order valence-electron chi connectivity index (χ2n) is 5.21. The summed E-state index contributed by atoms with van der Waals surface area (Å²) >= 11 is 0.397. The number of anilines is 1. The molecule has 0 aromatic heterocycles. The maximum absolute atomic E-state index is 12.4. The predicted octanol–water partition coefficient (Wildman–Crippen LogP) is 3.31. The first kappa shape index (κ1) is 15.9. The van der Waals surface area contributed by atoms with Crippen molar-refractivity contribution in [1.29, 1.82) is 0 Å². The first-order valence-electron chi connectivity index (χ1n) is 5.82. The highest BCUT2D eigenvalue weighted by Gasteiger charge is 2.27. The fourth-order valence-corrected chi connectivity index (χ4v) is 1.97. The molecule has 0 saturated heterocycles. The molecule has 1 amide bonds. The summed E-state index contributed by atoms with van der Waals surface area (Å²) in [7, 11) is 0. The molecule has 3 nitrogen and oxygen atoms in total. The number of amides is 1. The van der Waals surface area contributed by atoms with Crippen LogP contribution >= 0.6 is 11.8 Å². The molecule has 0 fully saturated rings. The third kappa shape index (κ3) is 4.80. The molecular weight excluding hydrogens is 270 g/mol. The number of carbonyl (C=O) groups is 1. The Morgan fingerprint density at radius 1 is 1.32 bits per heavy atom. The van der Waals surface area contributed by atoms with Crippen LogP contribution in [0.2, 0.25) is 0 Å². The molecule has 3 N–H and O–H groups in total. The number of benzene rings is 1. The van der Waals surface area contributed by atoms with Gasteiger partial charge in [-0.25, -0.2) is 0 Å². The van der Waals surface area contributed by atoms with E-state index in [4.69, 9.17) is 5.73 Å². The van der Waals surface area contributed by atoms with E-state index in [-0.39, 0.29) is 5.91 Å². The van der Waals surface area contributed by atoms with Crippen LogP contribution in [-0.4, -0.2) is 17.7 Å². The molecule has 19 heavy (non-hydrogen) atoms. The molecule has 106 valence electrons. The first-order chi connectivity index (χ1) is 8.71. The lowest BCUT2D eigenvalue weighted by atomic mass is 9.87. The smallest absolute Gasteiger partial charge is 0.288 e. The Kier molecular flexibility index (Phi) is 5.31. The van der Waals surface area contributed by atoms with E-state index in [9.17, 15) is 13.6 Å². The fraction of sp³-hybridized carbons (Fsp3) is 0.462. The molecule has 0 aliphatic heterocycles. The number of halogens is 2. The van der Waals surface area contributed by atoms with Gasteiger partial charge in [0.1, 0.15) is 0 Å². The lowest BCUT2D eigenvalue weighted by molar-refractivity contribution is -0.119.